The fourth-order valence-corrected chi connectivity index (χ4v) is 3.54. The van der Waals surface area contributed by atoms with E-state index in [0.717, 1.165) is 34.7 Å². The lowest BCUT2D eigenvalue weighted by molar-refractivity contribution is -0.124. The van der Waals surface area contributed by atoms with Gasteiger partial charge in [0.25, 0.3) is 0 Å². The van der Waals surface area contributed by atoms with E-state index in [2.05, 4.69) is 15.7 Å². The second-order valence-electron chi connectivity index (χ2n) is 6.54. The number of aromatic nitrogens is 2. The molecule has 1 aromatic carbocycles. The summed E-state index contributed by atoms with van der Waals surface area (Å²) < 4.78 is 12.7. The van der Waals surface area contributed by atoms with Crippen molar-refractivity contribution in [2.75, 3.05) is 14.2 Å². The predicted molar refractivity (Wildman–Crippen MR) is 98.2 cm³/mol. The third-order valence-electron chi connectivity index (χ3n) is 5.04. The molecule has 7 heteroatoms. The van der Waals surface area contributed by atoms with Crippen LogP contribution in [0.1, 0.15) is 35.7 Å². The minimum absolute atomic E-state index is 0.0801. The first-order chi connectivity index (χ1) is 12.5. The van der Waals surface area contributed by atoms with Crippen LogP contribution in [0.4, 0.5) is 0 Å². The van der Waals surface area contributed by atoms with Gasteiger partial charge in [0.05, 0.1) is 26.0 Å². The lowest BCUT2D eigenvalue weighted by Gasteiger charge is -2.33. The maximum absolute atomic E-state index is 11.9. The largest absolute Gasteiger partial charge is 0.493 e. The van der Waals surface area contributed by atoms with Gasteiger partial charge in [-0.15, -0.1) is 0 Å². The van der Waals surface area contributed by atoms with Crippen molar-refractivity contribution in [2.45, 2.75) is 38.4 Å². The Labute approximate surface area is 153 Å². The molecule has 3 rings (SSSR count). The molecule has 2 heterocycles. The number of carbonyl (C=O) groups excluding carboxylic acids is 1. The monoisotopic (exact) mass is 358 g/mol. The van der Waals surface area contributed by atoms with Crippen LogP contribution in [0.15, 0.2) is 24.4 Å². The number of nitrogens with zero attached hydrogens (tertiary/aromatic N) is 2. The van der Waals surface area contributed by atoms with Crippen LogP contribution in [0, 0.1) is 6.92 Å². The molecule has 1 amide bonds. The smallest absolute Gasteiger partial charge is 0.220 e. The number of hydrogen-bond donors (Lipinski definition) is 2. The van der Waals surface area contributed by atoms with Crippen LogP contribution in [-0.2, 0) is 18.4 Å². The van der Waals surface area contributed by atoms with E-state index >= 15 is 0 Å². The lowest BCUT2D eigenvalue weighted by atomic mass is 9.94. The molecule has 0 radical (unpaired) electrons. The van der Waals surface area contributed by atoms with Crippen molar-refractivity contribution in [1.29, 1.82) is 0 Å². The third kappa shape index (κ3) is 3.53. The van der Waals surface area contributed by atoms with Gasteiger partial charge in [-0.05, 0) is 36.6 Å². The maximum atomic E-state index is 11.9. The SMILES string of the molecule is COc1ccc(CN[C@@H]2CCC(=O)N[C@H]2c2ccnn2C)c(C)c1OC. The van der Waals surface area contributed by atoms with Crippen LogP contribution in [0.2, 0.25) is 0 Å². The van der Waals surface area contributed by atoms with Crippen LogP contribution in [0.25, 0.3) is 0 Å². The maximum Gasteiger partial charge on any atom is 0.220 e. The number of amides is 1. The van der Waals surface area contributed by atoms with Gasteiger partial charge in [-0.25, -0.2) is 0 Å². The minimum atomic E-state index is -0.0933. The predicted octanol–water partition coefficient (Wildman–Crippen LogP) is 1.86. The molecule has 2 aromatic rings. The fourth-order valence-electron chi connectivity index (χ4n) is 3.54. The lowest BCUT2D eigenvalue weighted by Crippen LogP contribution is -2.48. The van der Waals surface area contributed by atoms with Gasteiger partial charge in [0.1, 0.15) is 0 Å². The Morgan fingerprint density at radius 1 is 1.31 bits per heavy atom. The van der Waals surface area contributed by atoms with Gasteiger partial charge in [-0.3, -0.25) is 9.48 Å². The Hall–Kier alpha value is -2.54. The molecule has 1 aliphatic heterocycles. The highest BCUT2D eigenvalue weighted by Gasteiger charge is 2.31. The number of nitrogens with one attached hydrogen (secondary N) is 2. The quantitative estimate of drug-likeness (QED) is 0.824. The molecule has 0 bridgehead atoms. The van der Waals surface area contributed by atoms with Crippen molar-refractivity contribution >= 4 is 5.91 Å². The highest BCUT2D eigenvalue weighted by molar-refractivity contribution is 5.77. The second kappa shape index (κ2) is 7.78. The second-order valence-corrected chi connectivity index (χ2v) is 6.54. The van der Waals surface area contributed by atoms with E-state index in [1.807, 2.05) is 36.9 Å². The summed E-state index contributed by atoms with van der Waals surface area (Å²) in [5, 5.41) is 10.9. The Kier molecular flexibility index (Phi) is 5.46. The zero-order chi connectivity index (χ0) is 18.7. The number of carbonyl (C=O) groups is 1. The average Bonchev–Trinajstić information content (AvgIpc) is 3.07. The van der Waals surface area contributed by atoms with E-state index in [-0.39, 0.29) is 18.0 Å². The molecule has 2 atom stereocenters. The van der Waals surface area contributed by atoms with E-state index in [1.54, 1.807) is 20.4 Å². The van der Waals surface area contributed by atoms with Crippen molar-refractivity contribution < 1.29 is 14.3 Å². The number of methoxy groups -OCH3 is 2. The summed E-state index contributed by atoms with van der Waals surface area (Å²) in [6.45, 7) is 2.71. The Morgan fingerprint density at radius 3 is 2.77 bits per heavy atom. The topological polar surface area (TPSA) is 77.4 Å². The molecular formula is C19H26N4O3. The van der Waals surface area contributed by atoms with Gasteiger partial charge in [-0.2, -0.15) is 5.10 Å². The Balaban J connectivity index is 1.77. The van der Waals surface area contributed by atoms with Gasteiger partial charge in [0.2, 0.25) is 5.91 Å². The molecule has 2 N–H and O–H groups in total. The van der Waals surface area contributed by atoms with Gasteiger partial charge >= 0.3 is 0 Å². The molecule has 0 saturated carbocycles. The van der Waals surface area contributed by atoms with E-state index in [1.165, 1.54) is 0 Å². The Morgan fingerprint density at radius 2 is 2.12 bits per heavy atom. The van der Waals surface area contributed by atoms with Crippen LogP contribution < -0.4 is 20.1 Å². The van der Waals surface area contributed by atoms with Gasteiger partial charge < -0.3 is 20.1 Å². The van der Waals surface area contributed by atoms with Gasteiger partial charge in [0, 0.05) is 32.3 Å². The van der Waals surface area contributed by atoms with Gasteiger partial charge in [-0.1, -0.05) is 6.07 Å². The first-order valence-corrected chi connectivity index (χ1v) is 8.76. The molecule has 0 aliphatic carbocycles. The molecule has 1 saturated heterocycles. The molecule has 0 spiro atoms. The third-order valence-corrected chi connectivity index (χ3v) is 5.04. The summed E-state index contributed by atoms with van der Waals surface area (Å²) in [6, 6.07) is 5.96. The molecule has 140 valence electrons. The molecule has 0 unspecified atom stereocenters. The normalized spacial score (nSPS) is 19.9. The highest BCUT2D eigenvalue weighted by atomic mass is 16.5. The number of benzene rings is 1. The minimum Gasteiger partial charge on any atom is -0.493 e. The molecule has 1 aliphatic rings. The average molecular weight is 358 g/mol. The molecule has 1 aromatic heterocycles. The molecule has 26 heavy (non-hydrogen) atoms. The van der Waals surface area contributed by atoms with Crippen molar-refractivity contribution in [3.63, 3.8) is 0 Å². The van der Waals surface area contributed by atoms with E-state index in [4.69, 9.17) is 9.47 Å². The number of aryl methyl sites for hydroxylation is 1. The van der Waals surface area contributed by atoms with Crippen LogP contribution >= 0.6 is 0 Å². The Bertz CT molecular complexity index is 787. The first-order valence-electron chi connectivity index (χ1n) is 8.76. The number of piperidine rings is 1. The number of rotatable bonds is 6. The van der Waals surface area contributed by atoms with Crippen LogP contribution in [-0.4, -0.2) is 35.9 Å². The molecule has 7 nitrogen and oxygen atoms in total. The van der Waals surface area contributed by atoms with Crippen LogP contribution in [0.5, 0.6) is 11.5 Å². The van der Waals surface area contributed by atoms with Crippen molar-refractivity contribution in [3.05, 3.63) is 41.2 Å². The van der Waals surface area contributed by atoms with E-state index < -0.39 is 0 Å². The summed E-state index contributed by atoms with van der Waals surface area (Å²) in [5.74, 6) is 1.56. The van der Waals surface area contributed by atoms with E-state index in [0.29, 0.717) is 13.0 Å². The summed E-state index contributed by atoms with van der Waals surface area (Å²) >= 11 is 0. The zero-order valence-corrected chi connectivity index (χ0v) is 15.7. The number of ether oxygens (including phenoxy) is 2. The van der Waals surface area contributed by atoms with Crippen LogP contribution in [0.3, 0.4) is 0 Å². The van der Waals surface area contributed by atoms with Gasteiger partial charge in [0.15, 0.2) is 11.5 Å². The standard InChI is InChI=1S/C19H26N4O3/c1-12-13(5-7-16(25-3)19(12)26-4)11-20-14-6-8-17(24)22-18(14)15-9-10-21-23(15)2/h5,7,9-10,14,18,20H,6,8,11H2,1-4H3,(H,22,24)/t14-,18-/m1/s1. The fraction of sp³-hybridized carbons (Fsp3) is 0.474. The van der Waals surface area contributed by atoms with Crippen molar-refractivity contribution in [1.82, 2.24) is 20.4 Å². The van der Waals surface area contributed by atoms with E-state index in [9.17, 15) is 4.79 Å². The summed E-state index contributed by atoms with van der Waals surface area (Å²) in [7, 11) is 5.18. The highest BCUT2D eigenvalue weighted by Crippen LogP contribution is 2.33. The van der Waals surface area contributed by atoms with Crippen molar-refractivity contribution in [3.8, 4) is 11.5 Å². The number of hydrogen-bond acceptors (Lipinski definition) is 5. The summed E-state index contributed by atoms with van der Waals surface area (Å²) in [5.41, 5.74) is 3.19. The summed E-state index contributed by atoms with van der Waals surface area (Å²) in [6.07, 6.45) is 3.07. The molecule has 1 fully saturated rings. The summed E-state index contributed by atoms with van der Waals surface area (Å²) in [4.78, 5) is 11.9. The molecular weight excluding hydrogens is 332 g/mol. The zero-order valence-electron chi connectivity index (χ0n) is 15.7. The van der Waals surface area contributed by atoms with Crippen molar-refractivity contribution in [2.24, 2.45) is 7.05 Å². The first kappa shape index (κ1) is 18.3.